The number of carbonyl (C=O) groups is 3. The van der Waals surface area contributed by atoms with Crippen molar-refractivity contribution in [2.45, 2.75) is 13.5 Å². The molecule has 1 aliphatic heterocycles. The number of hydrogen-bond donors (Lipinski definition) is 1. The van der Waals surface area contributed by atoms with Gasteiger partial charge in [-0.2, -0.15) is 0 Å². The van der Waals surface area contributed by atoms with Gasteiger partial charge in [-0.3, -0.25) is 19.3 Å². The van der Waals surface area contributed by atoms with Gasteiger partial charge in [0.15, 0.2) is 11.5 Å². The van der Waals surface area contributed by atoms with E-state index in [1.165, 1.54) is 19.2 Å². The lowest BCUT2D eigenvalue weighted by Crippen LogP contribution is -2.36. The first-order chi connectivity index (χ1) is 17.7. The molecule has 3 aromatic carbocycles. The number of nitrogens with one attached hydrogen (secondary N) is 1. The van der Waals surface area contributed by atoms with Crippen LogP contribution in [0.5, 0.6) is 11.5 Å². The van der Waals surface area contributed by atoms with E-state index in [1.807, 2.05) is 19.1 Å². The van der Waals surface area contributed by atoms with Crippen LogP contribution < -0.4 is 14.8 Å². The Kier molecular flexibility index (Phi) is 8.30. The number of halogens is 2. The summed E-state index contributed by atoms with van der Waals surface area (Å²) >= 11 is 4.22. The monoisotopic (exact) mass is 584 g/mol. The molecule has 1 fully saturated rings. The van der Waals surface area contributed by atoms with Crippen molar-refractivity contribution >= 4 is 56.5 Å². The van der Waals surface area contributed by atoms with Crippen LogP contribution >= 0.6 is 27.7 Å². The molecule has 0 atom stereocenters. The molecule has 0 aromatic heterocycles. The largest absolute Gasteiger partial charge is 0.493 e. The number of hydrogen-bond acceptors (Lipinski definition) is 6. The van der Waals surface area contributed by atoms with Gasteiger partial charge in [0.2, 0.25) is 5.91 Å². The minimum absolute atomic E-state index is 0.182. The summed E-state index contributed by atoms with van der Waals surface area (Å²) in [6.07, 6.45) is 1.56. The van der Waals surface area contributed by atoms with E-state index in [2.05, 4.69) is 21.2 Å². The fraction of sp³-hybridized carbons (Fsp3) is 0.148. The number of anilines is 1. The predicted octanol–water partition coefficient (Wildman–Crippen LogP) is 6.16. The number of ether oxygens (including phenoxy) is 2. The molecular weight excluding hydrogens is 563 g/mol. The molecule has 37 heavy (non-hydrogen) atoms. The van der Waals surface area contributed by atoms with Gasteiger partial charge >= 0.3 is 0 Å². The minimum Gasteiger partial charge on any atom is -0.493 e. The Balaban J connectivity index is 1.46. The summed E-state index contributed by atoms with van der Waals surface area (Å²) in [5.74, 6) is -0.521. The number of amides is 3. The van der Waals surface area contributed by atoms with Crippen molar-refractivity contribution in [3.8, 4) is 11.5 Å². The van der Waals surface area contributed by atoms with Crippen LogP contribution in [0.3, 0.4) is 0 Å². The molecule has 1 saturated heterocycles. The molecule has 10 heteroatoms. The van der Waals surface area contributed by atoms with Crippen molar-refractivity contribution < 1.29 is 28.2 Å². The van der Waals surface area contributed by atoms with Gasteiger partial charge in [-0.1, -0.05) is 29.8 Å². The maximum atomic E-state index is 13.1. The highest BCUT2D eigenvalue weighted by Crippen LogP contribution is 2.39. The quantitative estimate of drug-likeness (QED) is 0.319. The minimum atomic E-state index is -0.555. The van der Waals surface area contributed by atoms with Crippen LogP contribution in [0, 0.1) is 12.7 Å². The lowest BCUT2D eigenvalue weighted by molar-refractivity contribution is -0.127. The Labute approximate surface area is 225 Å². The van der Waals surface area contributed by atoms with E-state index in [9.17, 15) is 18.8 Å². The molecule has 3 aromatic rings. The first-order valence-electron chi connectivity index (χ1n) is 11.1. The molecule has 7 nitrogen and oxygen atoms in total. The zero-order valence-electron chi connectivity index (χ0n) is 19.9. The molecule has 1 N–H and O–H groups in total. The SMILES string of the molecule is COc1cc(/C=C2/SC(=O)N(CC(=O)Nc3ccc(C)cc3)C2=O)cc(Br)c1OCc1ccc(F)cc1. The normalized spacial score (nSPS) is 14.3. The maximum Gasteiger partial charge on any atom is 0.294 e. The Morgan fingerprint density at radius 1 is 1.11 bits per heavy atom. The van der Waals surface area contributed by atoms with Crippen molar-refractivity contribution in [1.82, 2.24) is 4.90 Å². The first kappa shape index (κ1) is 26.4. The van der Waals surface area contributed by atoms with E-state index in [-0.39, 0.29) is 23.9 Å². The summed E-state index contributed by atoms with van der Waals surface area (Å²) in [4.78, 5) is 38.9. The summed E-state index contributed by atoms with van der Waals surface area (Å²) in [6.45, 7) is 1.73. The van der Waals surface area contributed by atoms with E-state index in [1.54, 1.807) is 42.5 Å². The summed E-state index contributed by atoms with van der Waals surface area (Å²) in [5, 5.41) is 2.16. The van der Waals surface area contributed by atoms with Gasteiger partial charge in [0.25, 0.3) is 11.1 Å². The molecule has 190 valence electrons. The molecule has 0 bridgehead atoms. The summed E-state index contributed by atoms with van der Waals surface area (Å²) in [6, 6.07) is 16.6. The van der Waals surface area contributed by atoms with Crippen LogP contribution in [0.25, 0.3) is 6.08 Å². The number of nitrogens with zero attached hydrogens (tertiary/aromatic N) is 1. The summed E-state index contributed by atoms with van der Waals surface area (Å²) in [5.41, 5.74) is 2.99. The van der Waals surface area contributed by atoms with E-state index < -0.39 is 17.1 Å². The van der Waals surface area contributed by atoms with Gasteiger partial charge in [0.1, 0.15) is 19.0 Å². The third-order valence-corrected chi connectivity index (χ3v) is 6.85. The third kappa shape index (κ3) is 6.58. The van der Waals surface area contributed by atoms with E-state index in [4.69, 9.17) is 9.47 Å². The molecule has 3 amide bonds. The van der Waals surface area contributed by atoms with Gasteiger partial charge in [0.05, 0.1) is 16.5 Å². The van der Waals surface area contributed by atoms with E-state index >= 15 is 0 Å². The second-order valence-corrected chi connectivity index (χ2v) is 9.98. The van der Waals surface area contributed by atoms with Gasteiger partial charge in [-0.25, -0.2) is 4.39 Å². The van der Waals surface area contributed by atoms with E-state index in [0.717, 1.165) is 27.8 Å². The number of benzene rings is 3. The van der Waals surface area contributed by atoms with Crippen molar-refractivity contribution in [1.29, 1.82) is 0 Å². The Bertz CT molecular complexity index is 1380. The van der Waals surface area contributed by atoms with Crippen LogP contribution in [0.2, 0.25) is 0 Å². The van der Waals surface area contributed by atoms with Gasteiger partial charge in [-0.05, 0) is 88.2 Å². The topological polar surface area (TPSA) is 84.9 Å². The lowest BCUT2D eigenvalue weighted by atomic mass is 10.1. The highest BCUT2D eigenvalue weighted by molar-refractivity contribution is 9.10. The molecule has 4 rings (SSSR count). The molecule has 0 aliphatic carbocycles. The van der Waals surface area contributed by atoms with Crippen LogP contribution in [0.15, 0.2) is 70.0 Å². The molecule has 1 heterocycles. The van der Waals surface area contributed by atoms with Crippen molar-refractivity contribution in [3.63, 3.8) is 0 Å². The second kappa shape index (κ2) is 11.6. The average Bonchev–Trinajstić information content (AvgIpc) is 3.12. The summed E-state index contributed by atoms with van der Waals surface area (Å²) < 4.78 is 25.0. The van der Waals surface area contributed by atoms with Crippen molar-refractivity contribution in [2.24, 2.45) is 0 Å². The first-order valence-corrected chi connectivity index (χ1v) is 12.7. The third-order valence-electron chi connectivity index (χ3n) is 5.36. The summed E-state index contributed by atoms with van der Waals surface area (Å²) in [7, 11) is 1.48. The molecule has 0 spiro atoms. The van der Waals surface area contributed by atoms with Crippen LogP contribution in [-0.2, 0) is 16.2 Å². The lowest BCUT2D eigenvalue weighted by Gasteiger charge is -2.14. The predicted molar refractivity (Wildman–Crippen MR) is 144 cm³/mol. The van der Waals surface area contributed by atoms with Crippen LogP contribution in [0.4, 0.5) is 14.9 Å². The number of aryl methyl sites for hydroxylation is 1. The number of carbonyl (C=O) groups excluding carboxylic acids is 3. The zero-order valence-corrected chi connectivity index (χ0v) is 22.3. The molecular formula is C27H22BrFN2O5S. The molecule has 0 saturated carbocycles. The standard InChI is InChI=1S/C27H22BrFN2O5S/c1-16-3-9-20(10-4-16)30-24(32)14-31-26(33)23(37-27(31)34)13-18-11-21(28)25(22(12-18)35-2)36-15-17-5-7-19(29)8-6-17/h3-13H,14-15H2,1-2H3,(H,30,32)/b23-13+. The molecule has 1 aliphatic rings. The number of rotatable bonds is 8. The van der Waals surface area contributed by atoms with Crippen molar-refractivity contribution in [3.05, 3.63) is 92.5 Å². The van der Waals surface area contributed by atoms with E-state index in [0.29, 0.717) is 27.2 Å². The Morgan fingerprint density at radius 3 is 2.49 bits per heavy atom. The number of methoxy groups -OCH3 is 1. The fourth-order valence-electron chi connectivity index (χ4n) is 3.47. The van der Waals surface area contributed by atoms with Crippen molar-refractivity contribution in [2.75, 3.05) is 19.0 Å². The smallest absolute Gasteiger partial charge is 0.294 e. The highest BCUT2D eigenvalue weighted by atomic mass is 79.9. The number of thioether (sulfide) groups is 1. The Hall–Kier alpha value is -3.63. The average molecular weight is 585 g/mol. The van der Waals surface area contributed by atoms with Gasteiger partial charge in [0, 0.05) is 5.69 Å². The maximum absolute atomic E-state index is 13.1. The van der Waals surface area contributed by atoms with Crippen LogP contribution in [-0.4, -0.2) is 35.6 Å². The molecule has 0 radical (unpaired) electrons. The van der Waals surface area contributed by atoms with Gasteiger partial charge < -0.3 is 14.8 Å². The zero-order chi connectivity index (χ0) is 26.5. The molecule has 0 unspecified atom stereocenters. The van der Waals surface area contributed by atoms with Crippen LogP contribution in [0.1, 0.15) is 16.7 Å². The second-order valence-electron chi connectivity index (χ2n) is 8.13. The highest BCUT2D eigenvalue weighted by Gasteiger charge is 2.36. The van der Waals surface area contributed by atoms with Gasteiger partial charge in [-0.15, -0.1) is 0 Å². The fourth-order valence-corrected chi connectivity index (χ4v) is 4.88. The number of imide groups is 1. The Morgan fingerprint density at radius 2 is 1.81 bits per heavy atom.